The van der Waals surface area contributed by atoms with Crippen molar-refractivity contribution < 1.29 is 9.63 Å². The van der Waals surface area contributed by atoms with Crippen molar-refractivity contribution in [3.63, 3.8) is 0 Å². The summed E-state index contributed by atoms with van der Waals surface area (Å²) in [7, 11) is 0. The van der Waals surface area contributed by atoms with Crippen LogP contribution in [0.25, 0.3) is 11.0 Å². The molecule has 0 spiro atoms. The normalized spacial score (nSPS) is 10.8. The summed E-state index contributed by atoms with van der Waals surface area (Å²) in [6, 6.07) is 5.77. The predicted molar refractivity (Wildman–Crippen MR) is 44.7 cm³/mol. The number of benzene rings is 1. The van der Waals surface area contributed by atoms with E-state index in [1.165, 1.54) is 0 Å². The van der Waals surface area contributed by atoms with E-state index in [1.807, 2.05) is 25.1 Å². The lowest BCUT2D eigenvalue weighted by atomic mass is 10.1. The van der Waals surface area contributed by atoms with Gasteiger partial charge in [0.1, 0.15) is 5.69 Å². The topological polar surface area (TPSA) is 46.3 Å². The number of hydrogen-bond acceptors (Lipinski definition) is 3. The minimum Gasteiger partial charge on any atom is -0.390 e. The number of hydrogen-bond donors (Lipinski definition) is 1. The maximum absolute atomic E-state index is 8.89. The molecule has 1 N–H and O–H groups in total. The van der Waals surface area contributed by atoms with Gasteiger partial charge in [0.25, 0.3) is 0 Å². The molecule has 0 amide bonds. The number of aryl methyl sites for hydroxylation is 1. The molecule has 2 rings (SSSR count). The van der Waals surface area contributed by atoms with Crippen LogP contribution in [0, 0.1) is 6.92 Å². The van der Waals surface area contributed by atoms with Gasteiger partial charge in [-0.05, 0) is 19.1 Å². The van der Waals surface area contributed by atoms with Crippen molar-refractivity contribution in [2.45, 2.75) is 13.5 Å². The van der Waals surface area contributed by atoms with E-state index >= 15 is 0 Å². The average Bonchev–Trinajstić information content (AvgIpc) is 2.46. The van der Waals surface area contributed by atoms with Crippen molar-refractivity contribution in [2.24, 2.45) is 0 Å². The Morgan fingerprint density at radius 2 is 2.33 bits per heavy atom. The summed E-state index contributed by atoms with van der Waals surface area (Å²) in [4.78, 5) is 0. The van der Waals surface area contributed by atoms with Crippen LogP contribution in [0.15, 0.2) is 22.7 Å². The lowest BCUT2D eigenvalue weighted by molar-refractivity contribution is 0.269. The molecule has 0 fully saturated rings. The lowest BCUT2D eigenvalue weighted by Gasteiger charge is -1.91. The molecule has 0 aliphatic heterocycles. The molecule has 0 bridgehead atoms. The first-order valence-corrected chi connectivity index (χ1v) is 3.77. The predicted octanol–water partition coefficient (Wildman–Crippen LogP) is 1.63. The maximum Gasteiger partial charge on any atom is 0.167 e. The monoisotopic (exact) mass is 163 g/mol. The number of aliphatic hydroxyl groups excluding tert-OH is 1. The van der Waals surface area contributed by atoms with E-state index in [9.17, 15) is 0 Å². The van der Waals surface area contributed by atoms with Gasteiger partial charge in [-0.2, -0.15) is 0 Å². The zero-order valence-electron chi connectivity index (χ0n) is 6.74. The number of aliphatic hydroxyl groups is 1. The fourth-order valence-electron chi connectivity index (χ4n) is 1.22. The number of aromatic nitrogens is 1. The maximum atomic E-state index is 8.89. The van der Waals surface area contributed by atoms with Gasteiger partial charge in [0.05, 0.1) is 6.61 Å². The SMILES string of the molecule is Cc1ccc2onc(CO)c2c1. The summed E-state index contributed by atoms with van der Waals surface area (Å²) in [6.07, 6.45) is 0. The molecular formula is C9H9NO2. The number of fused-ring (bicyclic) bond motifs is 1. The second-order valence-corrected chi connectivity index (χ2v) is 2.79. The van der Waals surface area contributed by atoms with Crippen molar-refractivity contribution in [1.82, 2.24) is 5.16 Å². The highest BCUT2D eigenvalue weighted by atomic mass is 16.5. The van der Waals surface area contributed by atoms with Crippen molar-refractivity contribution in [3.05, 3.63) is 29.5 Å². The molecule has 0 aliphatic carbocycles. The first-order valence-electron chi connectivity index (χ1n) is 3.77. The molecule has 2 aromatic rings. The average molecular weight is 163 g/mol. The first kappa shape index (κ1) is 7.31. The van der Waals surface area contributed by atoms with E-state index < -0.39 is 0 Å². The van der Waals surface area contributed by atoms with Gasteiger partial charge in [-0.15, -0.1) is 0 Å². The van der Waals surface area contributed by atoms with E-state index in [2.05, 4.69) is 5.16 Å². The fraction of sp³-hybridized carbons (Fsp3) is 0.222. The van der Waals surface area contributed by atoms with Gasteiger partial charge >= 0.3 is 0 Å². The van der Waals surface area contributed by atoms with Crippen LogP contribution in [0.3, 0.4) is 0 Å². The number of rotatable bonds is 1. The Kier molecular flexibility index (Phi) is 1.59. The summed E-state index contributed by atoms with van der Waals surface area (Å²) >= 11 is 0. The van der Waals surface area contributed by atoms with Crippen molar-refractivity contribution >= 4 is 11.0 Å². The Labute approximate surface area is 69.6 Å². The summed E-state index contributed by atoms with van der Waals surface area (Å²) in [5, 5.41) is 13.5. The van der Waals surface area contributed by atoms with Gasteiger partial charge in [-0.25, -0.2) is 0 Å². The lowest BCUT2D eigenvalue weighted by Crippen LogP contribution is -1.82. The molecule has 0 unspecified atom stereocenters. The molecule has 0 atom stereocenters. The zero-order chi connectivity index (χ0) is 8.55. The van der Waals surface area contributed by atoms with Crippen LogP contribution in [-0.2, 0) is 6.61 Å². The van der Waals surface area contributed by atoms with Gasteiger partial charge in [0, 0.05) is 5.39 Å². The third-order valence-electron chi connectivity index (χ3n) is 1.85. The van der Waals surface area contributed by atoms with Gasteiger partial charge in [-0.3, -0.25) is 0 Å². The Bertz CT molecular complexity index is 406. The van der Waals surface area contributed by atoms with Gasteiger partial charge < -0.3 is 9.63 Å². The first-order chi connectivity index (χ1) is 5.81. The minimum atomic E-state index is -0.0730. The van der Waals surface area contributed by atoms with Crippen LogP contribution in [0.2, 0.25) is 0 Å². The molecule has 0 saturated carbocycles. The smallest absolute Gasteiger partial charge is 0.167 e. The minimum absolute atomic E-state index is 0.0730. The molecule has 1 aromatic carbocycles. The van der Waals surface area contributed by atoms with Crippen LogP contribution in [0.5, 0.6) is 0 Å². The van der Waals surface area contributed by atoms with E-state index in [0.29, 0.717) is 5.69 Å². The molecule has 0 saturated heterocycles. The molecule has 12 heavy (non-hydrogen) atoms. The third-order valence-corrected chi connectivity index (χ3v) is 1.85. The Balaban J connectivity index is 2.75. The Morgan fingerprint density at radius 3 is 3.08 bits per heavy atom. The van der Waals surface area contributed by atoms with Crippen LogP contribution in [0.1, 0.15) is 11.3 Å². The molecule has 1 aromatic heterocycles. The van der Waals surface area contributed by atoms with Crippen LogP contribution >= 0.6 is 0 Å². The van der Waals surface area contributed by atoms with Crippen LogP contribution in [-0.4, -0.2) is 10.3 Å². The molecule has 0 aliphatic rings. The summed E-state index contributed by atoms with van der Waals surface area (Å²) in [5.41, 5.74) is 2.47. The highest BCUT2D eigenvalue weighted by molar-refractivity contribution is 5.79. The zero-order valence-corrected chi connectivity index (χ0v) is 6.74. The highest BCUT2D eigenvalue weighted by Crippen LogP contribution is 2.19. The van der Waals surface area contributed by atoms with Crippen molar-refractivity contribution in [2.75, 3.05) is 0 Å². The number of nitrogens with zero attached hydrogens (tertiary/aromatic N) is 1. The van der Waals surface area contributed by atoms with Crippen LogP contribution in [0.4, 0.5) is 0 Å². The van der Waals surface area contributed by atoms with Crippen molar-refractivity contribution in [3.8, 4) is 0 Å². The van der Waals surface area contributed by atoms with Gasteiger partial charge in [0.15, 0.2) is 5.58 Å². The second-order valence-electron chi connectivity index (χ2n) is 2.79. The van der Waals surface area contributed by atoms with Crippen LogP contribution < -0.4 is 0 Å². The molecule has 3 heteroatoms. The van der Waals surface area contributed by atoms with E-state index in [1.54, 1.807) is 0 Å². The molecule has 1 heterocycles. The summed E-state index contributed by atoms with van der Waals surface area (Å²) in [6.45, 7) is 1.92. The standard InChI is InChI=1S/C9H9NO2/c1-6-2-3-9-7(4-6)8(5-11)10-12-9/h2-4,11H,5H2,1H3. The van der Waals surface area contributed by atoms with E-state index in [-0.39, 0.29) is 6.61 Å². The van der Waals surface area contributed by atoms with Crippen molar-refractivity contribution in [1.29, 1.82) is 0 Å². The molecule has 0 radical (unpaired) electrons. The largest absolute Gasteiger partial charge is 0.390 e. The van der Waals surface area contributed by atoms with Gasteiger partial charge in [0.2, 0.25) is 0 Å². The molecule has 3 nitrogen and oxygen atoms in total. The summed E-state index contributed by atoms with van der Waals surface area (Å²) < 4.78 is 4.98. The van der Waals surface area contributed by atoms with E-state index in [0.717, 1.165) is 16.5 Å². The Morgan fingerprint density at radius 1 is 1.50 bits per heavy atom. The van der Waals surface area contributed by atoms with E-state index in [4.69, 9.17) is 9.63 Å². The highest BCUT2D eigenvalue weighted by Gasteiger charge is 2.05. The second kappa shape index (κ2) is 2.60. The third kappa shape index (κ3) is 0.987. The quantitative estimate of drug-likeness (QED) is 0.695. The summed E-state index contributed by atoms with van der Waals surface area (Å²) in [5.74, 6) is 0. The fourth-order valence-corrected chi connectivity index (χ4v) is 1.22. The van der Waals surface area contributed by atoms with Gasteiger partial charge in [-0.1, -0.05) is 16.8 Å². The molecular weight excluding hydrogens is 154 g/mol. The Hall–Kier alpha value is -1.35. The molecule has 62 valence electrons.